The molecule has 2 rings (SSSR count). The number of nitrogens with two attached hydrogens (primary N) is 1. The van der Waals surface area contributed by atoms with Crippen LogP contribution in [-0.4, -0.2) is 21.1 Å². The van der Waals surface area contributed by atoms with Crippen molar-refractivity contribution in [1.82, 2.24) is 15.2 Å². The van der Waals surface area contributed by atoms with Crippen molar-refractivity contribution in [3.63, 3.8) is 0 Å². The molecule has 0 aliphatic carbocycles. The first kappa shape index (κ1) is 10.2. The number of hydrogen-bond acceptors (Lipinski definition) is 4. The highest BCUT2D eigenvalue weighted by molar-refractivity contribution is 6.03. The molecule has 1 aromatic carbocycles. The van der Waals surface area contributed by atoms with Gasteiger partial charge in [-0.3, -0.25) is 10.1 Å². The van der Waals surface area contributed by atoms with Crippen LogP contribution in [0, 0.1) is 6.92 Å². The van der Waals surface area contributed by atoms with Crippen molar-refractivity contribution in [2.45, 2.75) is 6.92 Å². The molecule has 0 unspecified atom stereocenters. The molecule has 1 aromatic heterocycles. The molecule has 1 heterocycles. The number of nitrogen functional groups attached to an aromatic ring is 1. The van der Waals surface area contributed by atoms with E-state index in [0.717, 1.165) is 5.56 Å². The summed E-state index contributed by atoms with van der Waals surface area (Å²) in [6.07, 6.45) is 1.32. The van der Waals surface area contributed by atoms with E-state index in [1.807, 2.05) is 6.92 Å². The zero-order valence-corrected chi connectivity index (χ0v) is 8.69. The van der Waals surface area contributed by atoms with E-state index in [0.29, 0.717) is 17.2 Å². The van der Waals surface area contributed by atoms with E-state index in [-0.39, 0.29) is 5.91 Å². The van der Waals surface area contributed by atoms with E-state index >= 15 is 0 Å². The fourth-order valence-corrected chi connectivity index (χ4v) is 1.23. The van der Waals surface area contributed by atoms with Crippen LogP contribution in [0.3, 0.4) is 0 Å². The van der Waals surface area contributed by atoms with Gasteiger partial charge in [0.2, 0.25) is 5.95 Å². The van der Waals surface area contributed by atoms with Gasteiger partial charge in [-0.2, -0.15) is 10.1 Å². The number of nitrogens with one attached hydrogen (secondary N) is 2. The predicted octanol–water partition coefficient (Wildman–Crippen LogP) is 0.948. The van der Waals surface area contributed by atoms with Crippen LogP contribution >= 0.6 is 0 Å². The van der Waals surface area contributed by atoms with Crippen molar-refractivity contribution in [3.05, 3.63) is 35.7 Å². The lowest BCUT2D eigenvalue weighted by atomic mass is 10.1. The highest BCUT2D eigenvalue weighted by atomic mass is 16.1. The lowest BCUT2D eigenvalue weighted by Gasteiger charge is -2.04. The Hall–Kier alpha value is -2.37. The van der Waals surface area contributed by atoms with E-state index in [4.69, 9.17) is 5.73 Å². The van der Waals surface area contributed by atoms with Gasteiger partial charge in [-0.15, -0.1) is 0 Å². The molecule has 1 amide bonds. The fourth-order valence-electron chi connectivity index (χ4n) is 1.23. The topological polar surface area (TPSA) is 96.7 Å². The maximum atomic E-state index is 11.7. The van der Waals surface area contributed by atoms with Crippen molar-refractivity contribution in [3.8, 4) is 0 Å². The lowest BCUT2D eigenvalue weighted by Crippen LogP contribution is -2.13. The summed E-state index contributed by atoms with van der Waals surface area (Å²) in [5, 5.41) is 8.73. The Labute approximate surface area is 91.9 Å². The summed E-state index contributed by atoms with van der Waals surface area (Å²) in [5.74, 6) is 0.0348. The molecule has 0 fully saturated rings. The van der Waals surface area contributed by atoms with Gasteiger partial charge in [-0.05, 0) is 24.6 Å². The minimum atomic E-state index is -0.275. The molecule has 0 aliphatic heterocycles. The summed E-state index contributed by atoms with van der Waals surface area (Å²) >= 11 is 0. The van der Waals surface area contributed by atoms with Crippen LogP contribution in [-0.2, 0) is 0 Å². The number of H-pyrrole nitrogens is 1. The van der Waals surface area contributed by atoms with Gasteiger partial charge in [0, 0.05) is 11.3 Å². The third-order valence-corrected chi connectivity index (χ3v) is 2.19. The Kier molecular flexibility index (Phi) is 2.55. The van der Waals surface area contributed by atoms with Crippen LogP contribution in [0.2, 0.25) is 0 Å². The standard InChI is InChI=1S/C10H11N5O/c1-6-2-3-7(4-8(6)11)9(16)14-10-12-5-13-15-10/h2-5H,11H2,1H3,(H2,12,13,14,15,16). The Balaban J connectivity index is 2.18. The number of aromatic amines is 1. The zero-order chi connectivity index (χ0) is 11.5. The van der Waals surface area contributed by atoms with Gasteiger partial charge in [0.1, 0.15) is 6.33 Å². The number of amides is 1. The first-order chi connectivity index (χ1) is 7.66. The molecular weight excluding hydrogens is 206 g/mol. The molecule has 0 spiro atoms. The third kappa shape index (κ3) is 2.00. The average molecular weight is 217 g/mol. The number of nitrogens with zero attached hydrogens (tertiary/aromatic N) is 2. The number of benzene rings is 1. The highest BCUT2D eigenvalue weighted by Gasteiger charge is 2.08. The van der Waals surface area contributed by atoms with Gasteiger partial charge in [-0.25, -0.2) is 5.10 Å². The Morgan fingerprint density at radius 1 is 1.50 bits per heavy atom. The molecule has 16 heavy (non-hydrogen) atoms. The molecular formula is C10H11N5O. The number of hydrogen-bond donors (Lipinski definition) is 3. The summed E-state index contributed by atoms with van der Waals surface area (Å²) in [6.45, 7) is 1.88. The number of carbonyl (C=O) groups excluding carboxylic acids is 1. The Bertz CT molecular complexity index is 506. The number of aromatic nitrogens is 3. The minimum absolute atomic E-state index is 0.275. The van der Waals surface area contributed by atoms with Crippen molar-refractivity contribution in [2.24, 2.45) is 0 Å². The molecule has 0 radical (unpaired) electrons. The molecule has 0 saturated carbocycles. The first-order valence-corrected chi connectivity index (χ1v) is 4.69. The normalized spacial score (nSPS) is 10.1. The van der Waals surface area contributed by atoms with Crippen molar-refractivity contribution >= 4 is 17.5 Å². The van der Waals surface area contributed by atoms with Crippen LogP contribution in [0.25, 0.3) is 0 Å². The molecule has 82 valence electrons. The highest BCUT2D eigenvalue weighted by Crippen LogP contribution is 2.13. The largest absolute Gasteiger partial charge is 0.398 e. The molecule has 0 bridgehead atoms. The van der Waals surface area contributed by atoms with Gasteiger partial charge in [0.05, 0.1) is 0 Å². The summed E-state index contributed by atoms with van der Waals surface area (Å²) in [4.78, 5) is 15.5. The van der Waals surface area contributed by atoms with E-state index < -0.39 is 0 Å². The number of anilines is 2. The molecule has 0 atom stereocenters. The second-order valence-corrected chi connectivity index (χ2v) is 3.36. The second kappa shape index (κ2) is 4.01. The maximum Gasteiger partial charge on any atom is 0.258 e. The first-order valence-electron chi connectivity index (χ1n) is 4.69. The van der Waals surface area contributed by atoms with Crippen molar-refractivity contribution in [1.29, 1.82) is 0 Å². The van der Waals surface area contributed by atoms with Gasteiger partial charge >= 0.3 is 0 Å². The van der Waals surface area contributed by atoms with Crippen molar-refractivity contribution in [2.75, 3.05) is 11.1 Å². The molecule has 0 aliphatic rings. The smallest absolute Gasteiger partial charge is 0.258 e. The summed E-state index contributed by atoms with van der Waals surface area (Å²) < 4.78 is 0. The van der Waals surface area contributed by atoms with Gasteiger partial charge in [0.25, 0.3) is 5.91 Å². The fraction of sp³-hybridized carbons (Fsp3) is 0.100. The number of rotatable bonds is 2. The monoisotopic (exact) mass is 217 g/mol. The zero-order valence-electron chi connectivity index (χ0n) is 8.69. The number of carbonyl (C=O) groups is 1. The van der Waals surface area contributed by atoms with E-state index in [9.17, 15) is 4.79 Å². The van der Waals surface area contributed by atoms with E-state index in [2.05, 4.69) is 20.5 Å². The lowest BCUT2D eigenvalue weighted by molar-refractivity contribution is 0.102. The predicted molar refractivity (Wildman–Crippen MR) is 59.9 cm³/mol. The van der Waals surface area contributed by atoms with Crippen LogP contribution in [0.15, 0.2) is 24.5 Å². The quantitative estimate of drug-likeness (QED) is 0.652. The third-order valence-electron chi connectivity index (χ3n) is 2.19. The van der Waals surface area contributed by atoms with Gasteiger partial charge in [0.15, 0.2) is 0 Å². The second-order valence-electron chi connectivity index (χ2n) is 3.36. The van der Waals surface area contributed by atoms with Crippen LogP contribution in [0.1, 0.15) is 15.9 Å². The average Bonchev–Trinajstić information content (AvgIpc) is 2.74. The van der Waals surface area contributed by atoms with E-state index in [1.165, 1.54) is 6.33 Å². The Morgan fingerprint density at radius 2 is 2.31 bits per heavy atom. The summed E-state index contributed by atoms with van der Waals surface area (Å²) in [7, 11) is 0. The number of aryl methyl sites for hydroxylation is 1. The maximum absolute atomic E-state index is 11.7. The molecule has 6 heteroatoms. The van der Waals surface area contributed by atoms with Crippen LogP contribution in [0.5, 0.6) is 0 Å². The van der Waals surface area contributed by atoms with Gasteiger partial charge < -0.3 is 5.73 Å². The summed E-state index contributed by atoms with van der Waals surface area (Å²) in [6, 6.07) is 5.13. The molecule has 6 nitrogen and oxygen atoms in total. The van der Waals surface area contributed by atoms with Crippen LogP contribution in [0.4, 0.5) is 11.6 Å². The SMILES string of the molecule is Cc1ccc(C(=O)Nc2ncn[nH]2)cc1N. The van der Waals surface area contributed by atoms with Gasteiger partial charge in [-0.1, -0.05) is 6.07 Å². The summed E-state index contributed by atoms with van der Waals surface area (Å²) in [5.41, 5.74) is 7.73. The van der Waals surface area contributed by atoms with Crippen molar-refractivity contribution < 1.29 is 4.79 Å². The Morgan fingerprint density at radius 3 is 2.94 bits per heavy atom. The molecule has 4 N–H and O–H groups in total. The van der Waals surface area contributed by atoms with E-state index in [1.54, 1.807) is 18.2 Å². The molecule has 0 saturated heterocycles. The van der Waals surface area contributed by atoms with Crippen LogP contribution < -0.4 is 11.1 Å². The molecule has 2 aromatic rings. The minimum Gasteiger partial charge on any atom is -0.398 e.